The van der Waals surface area contributed by atoms with Gasteiger partial charge in [0.25, 0.3) is 0 Å². The van der Waals surface area contributed by atoms with Crippen LogP contribution >= 0.6 is 0 Å². The molecule has 2 unspecified atom stereocenters. The summed E-state index contributed by atoms with van der Waals surface area (Å²) in [6.45, 7) is 6.41. The summed E-state index contributed by atoms with van der Waals surface area (Å²) in [6, 6.07) is 20.2. The summed E-state index contributed by atoms with van der Waals surface area (Å²) in [7, 11) is 4.11. The number of nitrogens with one attached hydrogen (secondary N) is 4. The molecule has 0 bridgehead atoms. The highest BCUT2D eigenvalue weighted by molar-refractivity contribution is 5.74. The van der Waals surface area contributed by atoms with Gasteiger partial charge in [0.15, 0.2) is 5.96 Å². The third-order valence-corrected chi connectivity index (χ3v) is 8.03. The van der Waals surface area contributed by atoms with E-state index >= 15 is 0 Å². The van der Waals surface area contributed by atoms with Crippen molar-refractivity contribution in [3.8, 4) is 0 Å². The normalized spacial score (nSPS) is 17.5. The second-order valence-corrected chi connectivity index (χ2v) is 11.4. The number of hydrogen-bond donors (Lipinski definition) is 5. The number of amides is 1. The summed E-state index contributed by atoms with van der Waals surface area (Å²) >= 11 is 0. The number of alkyl carbamates (subject to hydrolysis) is 1. The molecular weight excluding hydrogens is 558 g/mol. The average Bonchev–Trinajstić information content (AvgIpc) is 3.03. The molecule has 3 rings (SSSR count). The van der Waals surface area contributed by atoms with Gasteiger partial charge in [0.1, 0.15) is 12.0 Å². The third kappa shape index (κ3) is 9.88. The van der Waals surface area contributed by atoms with Crippen LogP contribution in [0, 0.1) is 5.41 Å². The zero-order valence-electron chi connectivity index (χ0n) is 26.4. The number of carbonyl (C=O) groups is 2. The molecule has 2 aromatic carbocycles. The molecule has 3 atom stereocenters. The first-order valence-corrected chi connectivity index (χ1v) is 15.3. The highest BCUT2D eigenvalue weighted by atomic mass is 16.6. The van der Waals surface area contributed by atoms with Crippen molar-refractivity contribution in [1.29, 1.82) is 5.41 Å². The van der Waals surface area contributed by atoms with Crippen molar-refractivity contribution in [2.75, 3.05) is 46.9 Å². The Balaban J connectivity index is 1.69. The summed E-state index contributed by atoms with van der Waals surface area (Å²) in [6.07, 6.45) is 3.90. The van der Waals surface area contributed by atoms with Crippen molar-refractivity contribution in [1.82, 2.24) is 26.0 Å². The average molecular weight is 608 g/mol. The van der Waals surface area contributed by atoms with Gasteiger partial charge in [0.2, 0.25) is 0 Å². The van der Waals surface area contributed by atoms with Crippen LogP contribution in [0.5, 0.6) is 0 Å². The van der Waals surface area contributed by atoms with E-state index in [4.69, 9.17) is 20.6 Å². The van der Waals surface area contributed by atoms with Gasteiger partial charge in [-0.1, -0.05) is 60.7 Å². The lowest BCUT2D eigenvalue weighted by atomic mass is 9.68. The minimum Gasteiger partial charge on any atom is -0.414 e. The molecule has 1 amide bonds. The molecule has 0 aliphatic carbocycles. The van der Waals surface area contributed by atoms with E-state index in [0.717, 1.165) is 17.4 Å². The highest BCUT2D eigenvalue weighted by Gasteiger charge is 2.42. The van der Waals surface area contributed by atoms with Crippen molar-refractivity contribution in [3.63, 3.8) is 0 Å². The summed E-state index contributed by atoms with van der Waals surface area (Å²) in [5.74, 6) is 0.472. The van der Waals surface area contributed by atoms with E-state index in [-0.39, 0.29) is 30.7 Å². The quantitative estimate of drug-likeness (QED) is 0.0639. The molecule has 1 aliphatic rings. The van der Waals surface area contributed by atoms with Crippen LogP contribution in [0.25, 0.3) is 0 Å². The number of aldehydes is 1. The number of guanidine groups is 1. The molecule has 0 spiro atoms. The molecule has 0 radical (unpaired) electrons. The number of hydrogen-bond acceptors (Lipinski definition) is 8. The van der Waals surface area contributed by atoms with E-state index in [1.54, 1.807) is 0 Å². The Morgan fingerprint density at radius 1 is 1.16 bits per heavy atom. The van der Waals surface area contributed by atoms with Crippen LogP contribution in [0.2, 0.25) is 0 Å². The number of nitrogens with zero attached hydrogens (tertiary/aromatic N) is 2. The first-order chi connectivity index (χ1) is 21.2. The number of rotatable bonds is 16. The largest absolute Gasteiger partial charge is 0.414 e. The number of carbonyl (C=O) groups excluding carboxylic acids is 2. The monoisotopic (exact) mass is 607 g/mol. The maximum atomic E-state index is 13.3. The summed E-state index contributed by atoms with van der Waals surface area (Å²) < 4.78 is 12.1. The Morgan fingerprint density at radius 2 is 1.80 bits per heavy atom. The van der Waals surface area contributed by atoms with E-state index in [9.17, 15) is 9.59 Å². The van der Waals surface area contributed by atoms with Gasteiger partial charge in [-0.25, -0.2) is 15.2 Å². The molecular formula is C33H49N7O4. The number of hydrazine groups is 1. The molecule has 1 saturated heterocycles. The standard InChI is InChI=1S/C33H49N7O4/c1-5-30(33(21-25(2)39(3)4,26-13-8-6-9-14-26)27-15-10-7-11-16-27)44-32(42)37-22-29-23-40(19-20-43-29)38-28(24-41)17-12-18-36-31(34)35/h5-11,13-16,24-25,28-29,38H,12,17-23H2,1-4H3,(H,37,42)(H4,34,35,36)/b30-5-/t25?,28-,29?/m0/s1. The number of allylic oxidation sites excluding steroid dienone is 2. The molecule has 240 valence electrons. The fraction of sp³-hybridized carbons (Fsp3) is 0.485. The number of nitrogens with two attached hydrogens (primary N) is 1. The minimum absolute atomic E-state index is 0.0850. The topological polar surface area (TPSA) is 145 Å². The third-order valence-electron chi connectivity index (χ3n) is 8.03. The fourth-order valence-corrected chi connectivity index (χ4v) is 5.49. The van der Waals surface area contributed by atoms with Crippen molar-refractivity contribution in [2.24, 2.45) is 5.73 Å². The number of ether oxygens (including phenoxy) is 2. The van der Waals surface area contributed by atoms with Crippen LogP contribution in [0.15, 0.2) is 72.5 Å². The lowest BCUT2D eigenvalue weighted by Crippen LogP contribution is -2.55. The van der Waals surface area contributed by atoms with Gasteiger partial charge in [-0.05, 0) is 64.4 Å². The van der Waals surface area contributed by atoms with Gasteiger partial charge in [0, 0.05) is 32.2 Å². The van der Waals surface area contributed by atoms with Gasteiger partial charge in [0.05, 0.1) is 24.2 Å². The smallest absolute Gasteiger partial charge is 0.412 e. The Morgan fingerprint density at radius 3 is 2.34 bits per heavy atom. The highest BCUT2D eigenvalue weighted by Crippen LogP contribution is 2.44. The predicted octanol–water partition coefficient (Wildman–Crippen LogP) is 2.98. The molecule has 6 N–H and O–H groups in total. The van der Waals surface area contributed by atoms with Crippen LogP contribution in [0.3, 0.4) is 0 Å². The van der Waals surface area contributed by atoms with Gasteiger partial charge in [-0.3, -0.25) is 5.41 Å². The fourth-order valence-electron chi connectivity index (χ4n) is 5.49. The van der Waals surface area contributed by atoms with E-state index in [2.05, 4.69) is 66.2 Å². The van der Waals surface area contributed by atoms with Crippen LogP contribution in [-0.2, 0) is 19.7 Å². The van der Waals surface area contributed by atoms with Gasteiger partial charge in [-0.15, -0.1) is 0 Å². The molecule has 11 nitrogen and oxygen atoms in total. The van der Waals surface area contributed by atoms with Crippen LogP contribution < -0.4 is 21.8 Å². The Bertz CT molecular complexity index is 1170. The van der Waals surface area contributed by atoms with Gasteiger partial charge in [-0.2, -0.15) is 0 Å². The molecule has 11 heteroatoms. The number of benzene rings is 2. The lowest BCUT2D eigenvalue weighted by Gasteiger charge is -2.40. The molecule has 0 aromatic heterocycles. The van der Waals surface area contributed by atoms with E-state index < -0.39 is 11.5 Å². The molecule has 0 saturated carbocycles. The zero-order valence-corrected chi connectivity index (χ0v) is 26.4. The number of morpholine rings is 1. The summed E-state index contributed by atoms with van der Waals surface area (Å²) in [5, 5.41) is 14.8. The van der Waals surface area contributed by atoms with Gasteiger partial charge >= 0.3 is 6.09 Å². The summed E-state index contributed by atoms with van der Waals surface area (Å²) in [5.41, 5.74) is 9.95. The second kappa shape index (κ2) is 17.5. The minimum atomic E-state index is -0.704. The lowest BCUT2D eigenvalue weighted by molar-refractivity contribution is -0.112. The van der Waals surface area contributed by atoms with E-state index in [1.807, 2.05) is 54.4 Å². The molecule has 1 fully saturated rings. The molecule has 44 heavy (non-hydrogen) atoms. The van der Waals surface area contributed by atoms with Crippen molar-refractivity contribution in [3.05, 3.63) is 83.6 Å². The van der Waals surface area contributed by atoms with Crippen LogP contribution in [0.4, 0.5) is 4.79 Å². The van der Waals surface area contributed by atoms with Crippen LogP contribution in [0.1, 0.15) is 44.2 Å². The first kappa shape index (κ1) is 34.7. The second-order valence-electron chi connectivity index (χ2n) is 11.4. The zero-order chi connectivity index (χ0) is 32.0. The van der Waals surface area contributed by atoms with E-state index in [1.165, 1.54) is 0 Å². The van der Waals surface area contributed by atoms with Crippen LogP contribution in [-0.4, -0.2) is 93.3 Å². The maximum Gasteiger partial charge on any atom is 0.412 e. The Labute approximate surface area is 261 Å². The van der Waals surface area contributed by atoms with Crippen molar-refractivity contribution in [2.45, 2.75) is 56.7 Å². The van der Waals surface area contributed by atoms with Crippen molar-refractivity contribution < 1.29 is 19.1 Å². The predicted molar refractivity (Wildman–Crippen MR) is 173 cm³/mol. The molecule has 1 aliphatic heterocycles. The van der Waals surface area contributed by atoms with E-state index in [0.29, 0.717) is 51.3 Å². The SMILES string of the molecule is C/C=C(\OC(=O)NCC1CN(N[C@H](C=O)CCCNC(=N)N)CCO1)C(CC(C)N(C)C)(c1ccccc1)c1ccccc1. The first-order valence-electron chi connectivity index (χ1n) is 15.3. The molecule has 1 heterocycles. The molecule has 2 aromatic rings. The maximum absolute atomic E-state index is 13.3. The Hall–Kier alpha value is -3.77. The van der Waals surface area contributed by atoms with Gasteiger partial charge < -0.3 is 35.5 Å². The van der Waals surface area contributed by atoms with Crippen molar-refractivity contribution >= 4 is 18.3 Å². The summed E-state index contributed by atoms with van der Waals surface area (Å²) in [4.78, 5) is 27.1. The Kier molecular flexibility index (Phi) is 13.8.